The first-order chi connectivity index (χ1) is 15.4. The number of aromatic nitrogens is 3. The summed E-state index contributed by atoms with van der Waals surface area (Å²) < 4.78 is 0. The van der Waals surface area contributed by atoms with Gasteiger partial charge in [-0.3, -0.25) is 14.9 Å². The van der Waals surface area contributed by atoms with Crippen molar-refractivity contribution in [2.45, 2.75) is 6.92 Å². The Morgan fingerprint density at radius 1 is 1.06 bits per heavy atom. The number of nitro groups is 1. The van der Waals surface area contributed by atoms with Crippen LogP contribution in [0.15, 0.2) is 48.5 Å². The minimum atomic E-state index is -0.544. The molecule has 1 aliphatic rings. The van der Waals surface area contributed by atoms with Gasteiger partial charge >= 0.3 is 0 Å². The molecular weight excluding hydrogens is 434 g/mol. The first kappa shape index (κ1) is 21.4. The average molecular weight is 454 g/mol. The number of piperazine rings is 1. The molecule has 0 unspecified atom stereocenters. The van der Waals surface area contributed by atoms with Gasteiger partial charge in [0.15, 0.2) is 11.6 Å². The summed E-state index contributed by atoms with van der Waals surface area (Å²) in [5.41, 5.74) is 1.01. The molecule has 3 heterocycles. The minimum Gasteiger partial charge on any atom is -0.352 e. The number of benzene rings is 1. The summed E-state index contributed by atoms with van der Waals surface area (Å²) in [5.74, 6) is 1.76. The Morgan fingerprint density at radius 3 is 2.47 bits per heavy atom. The Hall–Kier alpha value is -3.79. The van der Waals surface area contributed by atoms with E-state index in [4.69, 9.17) is 11.6 Å². The van der Waals surface area contributed by atoms with Crippen LogP contribution < -0.4 is 10.2 Å². The summed E-state index contributed by atoms with van der Waals surface area (Å²) in [6, 6.07) is 13.3. The van der Waals surface area contributed by atoms with Gasteiger partial charge in [-0.05, 0) is 37.3 Å². The Morgan fingerprint density at radius 2 is 1.84 bits per heavy atom. The molecule has 0 radical (unpaired) electrons. The predicted molar refractivity (Wildman–Crippen MR) is 121 cm³/mol. The molecule has 11 heteroatoms. The molecule has 3 aromatic rings. The molecule has 0 aliphatic carbocycles. The summed E-state index contributed by atoms with van der Waals surface area (Å²) in [6.07, 6.45) is 0. The maximum atomic E-state index is 12.8. The van der Waals surface area contributed by atoms with Crippen molar-refractivity contribution in [3.63, 3.8) is 0 Å². The van der Waals surface area contributed by atoms with Gasteiger partial charge in [-0.25, -0.2) is 4.98 Å². The standard InChI is InChI=1S/C21H20ClN7O3/c1-14-3-2-4-18(23-14)24-19-7-8-20(26-25-19)27-9-11-28(12-10-27)21(30)16-6-5-15(29(31)32)13-17(16)22/h2-8,13H,9-12H2,1H3,(H,23,24,25). The number of non-ortho nitro benzene ring substituents is 1. The van der Waals surface area contributed by atoms with E-state index in [1.54, 1.807) is 4.90 Å². The number of hydrogen-bond donors (Lipinski definition) is 1. The molecule has 0 saturated carbocycles. The summed E-state index contributed by atoms with van der Waals surface area (Å²) in [6.45, 7) is 4.02. The zero-order valence-corrected chi connectivity index (χ0v) is 18.0. The molecule has 1 aliphatic heterocycles. The lowest BCUT2D eigenvalue weighted by atomic mass is 10.1. The minimum absolute atomic E-state index is 0.0729. The summed E-state index contributed by atoms with van der Waals surface area (Å²) >= 11 is 6.10. The number of aryl methyl sites for hydroxylation is 1. The van der Waals surface area contributed by atoms with Crippen LogP contribution in [0.4, 0.5) is 23.1 Å². The van der Waals surface area contributed by atoms with Crippen molar-refractivity contribution in [1.29, 1.82) is 0 Å². The fraction of sp³-hybridized carbons (Fsp3) is 0.238. The highest BCUT2D eigenvalue weighted by molar-refractivity contribution is 6.34. The molecule has 2 aromatic heterocycles. The number of hydrogen-bond acceptors (Lipinski definition) is 8. The lowest BCUT2D eigenvalue weighted by molar-refractivity contribution is -0.384. The number of halogens is 1. The van der Waals surface area contributed by atoms with E-state index >= 15 is 0 Å². The number of anilines is 3. The van der Waals surface area contributed by atoms with Gasteiger partial charge in [0.2, 0.25) is 0 Å². The zero-order chi connectivity index (χ0) is 22.7. The maximum absolute atomic E-state index is 12.8. The third-order valence-corrected chi connectivity index (χ3v) is 5.39. The Kier molecular flexibility index (Phi) is 6.13. The van der Waals surface area contributed by atoms with E-state index in [-0.39, 0.29) is 22.2 Å². The first-order valence-corrected chi connectivity index (χ1v) is 10.3. The van der Waals surface area contributed by atoms with Crippen LogP contribution in [0.1, 0.15) is 16.1 Å². The van der Waals surface area contributed by atoms with E-state index in [1.807, 2.05) is 42.2 Å². The molecule has 164 valence electrons. The van der Waals surface area contributed by atoms with E-state index in [9.17, 15) is 14.9 Å². The number of nitrogens with zero attached hydrogens (tertiary/aromatic N) is 6. The summed E-state index contributed by atoms with van der Waals surface area (Å²) in [4.78, 5) is 31.2. The SMILES string of the molecule is Cc1cccc(Nc2ccc(N3CCN(C(=O)c4ccc([N+](=O)[O-])cc4Cl)CC3)nn2)n1. The fourth-order valence-corrected chi connectivity index (χ4v) is 3.66. The number of nitro benzene ring substituents is 1. The third-order valence-electron chi connectivity index (χ3n) is 5.08. The van der Waals surface area contributed by atoms with Crippen LogP contribution in [0.2, 0.25) is 5.02 Å². The van der Waals surface area contributed by atoms with Crippen molar-refractivity contribution < 1.29 is 9.72 Å². The fourth-order valence-electron chi connectivity index (χ4n) is 3.40. The van der Waals surface area contributed by atoms with Crippen molar-refractivity contribution in [1.82, 2.24) is 20.1 Å². The van der Waals surface area contributed by atoms with E-state index in [2.05, 4.69) is 20.5 Å². The van der Waals surface area contributed by atoms with Crippen LogP contribution in [-0.4, -0.2) is 57.1 Å². The molecule has 1 amide bonds. The van der Waals surface area contributed by atoms with Gasteiger partial charge < -0.3 is 15.1 Å². The second-order valence-corrected chi connectivity index (χ2v) is 7.67. The van der Waals surface area contributed by atoms with Crippen molar-refractivity contribution in [3.8, 4) is 0 Å². The van der Waals surface area contributed by atoms with Gasteiger partial charge in [-0.15, -0.1) is 10.2 Å². The van der Waals surface area contributed by atoms with Gasteiger partial charge in [0, 0.05) is 44.0 Å². The zero-order valence-electron chi connectivity index (χ0n) is 17.2. The lowest BCUT2D eigenvalue weighted by Gasteiger charge is -2.35. The number of rotatable bonds is 5. The highest BCUT2D eigenvalue weighted by atomic mass is 35.5. The van der Waals surface area contributed by atoms with Crippen LogP contribution in [0.5, 0.6) is 0 Å². The van der Waals surface area contributed by atoms with Gasteiger partial charge in [-0.1, -0.05) is 17.7 Å². The van der Waals surface area contributed by atoms with E-state index in [1.165, 1.54) is 18.2 Å². The molecule has 4 rings (SSSR count). The second kappa shape index (κ2) is 9.15. The molecule has 1 saturated heterocycles. The monoisotopic (exact) mass is 453 g/mol. The first-order valence-electron chi connectivity index (χ1n) is 9.93. The topological polar surface area (TPSA) is 117 Å². The number of carbonyl (C=O) groups excluding carboxylic acids is 1. The molecule has 0 bridgehead atoms. The summed E-state index contributed by atoms with van der Waals surface area (Å²) in [5, 5.41) is 22.6. The van der Waals surface area contributed by atoms with Crippen LogP contribution in [0, 0.1) is 17.0 Å². The van der Waals surface area contributed by atoms with Crippen molar-refractivity contribution in [2.75, 3.05) is 36.4 Å². The Balaban J connectivity index is 1.36. The van der Waals surface area contributed by atoms with Gasteiger partial charge in [0.25, 0.3) is 11.6 Å². The molecule has 10 nitrogen and oxygen atoms in total. The van der Waals surface area contributed by atoms with Crippen LogP contribution in [0.25, 0.3) is 0 Å². The van der Waals surface area contributed by atoms with Crippen molar-refractivity contribution in [3.05, 3.63) is 74.9 Å². The van der Waals surface area contributed by atoms with Gasteiger partial charge in [0.1, 0.15) is 5.82 Å². The third kappa shape index (κ3) is 4.75. The number of carbonyl (C=O) groups is 1. The molecular formula is C21H20ClN7O3. The number of amides is 1. The Labute approximate surface area is 189 Å². The van der Waals surface area contributed by atoms with Crippen molar-refractivity contribution in [2.24, 2.45) is 0 Å². The molecule has 1 aromatic carbocycles. The highest BCUT2D eigenvalue weighted by Gasteiger charge is 2.25. The predicted octanol–water partition coefficient (Wildman–Crippen LogP) is 3.45. The van der Waals surface area contributed by atoms with Gasteiger partial charge in [-0.2, -0.15) is 0 Å². The van der Waals surface area contributed by atoms with Crippen LogP contribution in [0.3, 0.4) is 0 Å². The second-order valence-electron chi connectivity index (χ2n) is 7.27. The maximum Gasteiger partial charge on any atom is 0.270 e. The quantitative estimate of drug-likeness (QED) is 0.461. The van der Waals surface area contributed by atoms with E-state index < -0.39 is 4.92 Å². The number of pyridine rings is 1. The largest absolute Gasteiger partial charge is 0.352 e. The Bertz CT molecular complexity index is 1150. The number of nitrogens with one attached hydrogen (secondary N) is 1. The normalized spacial score (nSPS) is 13.7. The van der Waals surface area contributed by atoms with Gasteiger partial charge in [0.05, 0.1) is 15.5 Å². The molecule has 0 atom stereocenters. The van der Waals surface area contributed by atoms with Crippen LogP contribution in [-0.2, 0) is 0 Å². The molecule has 32 heavy (non-hydrogen) atoms. The van der Waals surface area contributed by atoms with Crippen LogP contribution >= 0.6 is 11.6 Å². The van der Waals surface area contributed by atoms with Crippen molar-refractivity contribution >= 4 is 40.6 Å². The lowest BCUT2D eigenvalue weighted by Crippen LogP contribution is -2.49. The smallest absolute Gasteiger partial charge is 0.270 e. The summed E-state index contributed by atoms with van der Waals surface area (Å²) in [7, 11) is 0. The van der Waals surface area contributed by atoms with E-state index in [0.29, 0.717) is 43.6 Å². The molecule has 0 spiro atoms. The average Bonchev–Trinajstić information content (AvgIpc) is 2.79. The molecule has 1 fully saturated rings. The van der Waals surface area contributed by atoms with E-state index in [0.717, 1.165) is 5.69 Å². The highest BCUT2D eigenvalue weighted by Crippen LogP contribution is 2.24. The molecule has 1 N–H and O–H groups in total.